The molecule has 1 aromatic carbocycles. The molecule has 84 valence electrons. The fourth-order valence-electron chi connectivity index (χ4n) is 1.82. The highest BCUT2D eigenvalue weighted by Gasteiger charge is 2.26. The van der Waals surface area contributed by atoms with Crippen LogP contribution in [-0.4, -0.2) is 5.11 Å². The predicted molar refractivity (Wildman–Crippen MR) is 65.5 cm³/mol. The van der Waals surface area contributed by atoms with Crippen molar-refractivity contribution in [2.45, 2.75) is 32.8 Å². The number of rotatable bonds is 3. The van der Waals surface area contributed by atoms with E-state index in [0.29, 0.717) is 27.9 Å². The smallest absolute Gasteiger partial charge is 0.0885 e. The van der Waals surface area contributed by atoms with E-state index < -0.39 is 5.60 Å². The first kappa shape index (κ1) is 12.8. The molecule has 3 heteroatoms. The fraction of sp³-hybridized carbons (Fsp3) is 0.500. The topological polar surface area (TPSA) is 20.2 Å². The zero-order valence-electron chi connectivity index (χ0n) is 9.22. The van der Waals surface area contributed by atoms with Crippen LogP contribution < -0.4 is 0 Å². The van der Waals surface area contributed by atoms with E-state index in [1.54, 1.807) is 25.1 Å². The van der Waals surface area contributed by atoms with E-state index in [9.17, 15) is 5.11 Å². The van der Waals surface area contributed by atoms with Crippen molar-refractivity contribution in [3.63, 3.8) is 0 Å². The zero-order chi connectivity index (χ0) is 11.6. The van der Waals surface area contributed by atoms with Crippen LogP contribution in [0.1, 0.15) is 32.8 Å². The molecule has 1 N–H and O–H groups in total. The first-order valence-corrected chi connectivity index (χ1v) is 5.76. The largest absolute Gasteiger partial charge is 0.385 e. The van der Waals surface area contributed by atoms with Gasteiger partial charge < -0.3 is 5.11 Å². The minimum atomic E-state index is -0.920. The normalized spacial score (nSPS) is 15.4. The van der Waals surface area contributed by atoms with Gasteiger partial charge in [0, 0.05) is 15.6 Å². The van der Waals surface area contributed by atoms with Gasteiger partial charge in [-0.1, -0.05) is 37.0 Å². The molecule has 0 aromatic heterocycles. The summed E-state index contributed by atoms with van der Waals surface area (Å²) in [6.45, 7) is 5.89. The first-order valence-electron chi connectivity index (χ1n) is 5.01. The lowest BCUT2D eigenvalue weighted by Gasteiger charge is -2.27. The van der Waals surface area contributed by atoms with Crippen molar-refractivity contribution in [2.75, 3.05) is 0 Å². The molecule has 0 amide bonds. The molecule has 1 atom stereocenters. The Labute approximate surface area is 101 Å². The van der Waals surface area contributed by atoms with Gasteiger partial charge in [-0.15, -0.1) is 0 Å². The quantitative estimate of drug-likeness (QED) is 0.846. The van der Waals surface area contributed by atoms with Crippen LogP contribution in [0.25, 0.3) is 0 Å². The van der Waals surface area contributed by atoms with Crippen molar-refractivity contribution in [1.82, 2.24) is 0 Å². The molecule has 0 bridgehead atoms. The van der Waals surface area contributed by atoms with Crippen molar-refractivity contribution in [2.24, 2.45) is 5.92 Å². The van der Waals surface area contributed by atoms with Crippen molar-refractivity contribution >= 4 is 23.2 Å². The number of halogens is 2. The summed E-state index contributed by atoms with van der Waals surface area (Å²) >= 11 is 11.9. The molecule has 1 rings (SSSR count). The lowest BCUT2D eigenvalue weighted by molar-refractivity contribution is 0.0350. The maximum atomic E-state index is 10.3. The highest BCUT2D eigenvalue weighted by Crippen LogP contribution is 2.34. The lowest BCUT2D eigenvalue weighted by atomic mass is 9.87. The molecular formula is C12H16Cl2O. The van der Waals surface area contributed by atoms with Crippen molar-refractivity contribution in [3.05, 3.63) is 33.8 Å². The Hall–Kier alpha value is -0.240. The molecule has 0 spiro atoms. The third-order valence-electron chi connectivity index (χ3n) is 2.31. The van der Waals surface area contributed by atoms with Crippen LogP contribution in [0.5, 0.6) is 0 Å². The number of hydrogen-bond acceptors (Lipinski definition) is 1. The Morgan fingerprint density at radius 1 is 1.33 bits per heavy atom. The molecule has 0 saturated heterocycles. The molecule has 15 heavy (non-hydrogen) atoms. The number of hydrogen-bond donors (Lipinski definition) is 1. The summed E-state index contributed by atoms with van der Waals surface area (Å²) in [7, 11) is 0. The van der Waals surface area contributed by atoms with Crippen LogP contribution in [0.15, 0.2) is 18.2 Å². The molecular weight excluding hydrogens is 231 g/mol. The molecule has 1 nitrogen and oxygen atoms in total. The fourth-order valence-corrected chi connectivity index (χ4v) is 2.31. The molecule has 0 aliphatic carbocycles. The van der Waals surface area contributed by atoms with E-state index >= 15 is 0 Å². The van der Waals surface area contributed by atoms with Crippen LogP contribution in [0.3, 0.4) is 0 Å². The monoisotopic (exact) mass is 246 g/mol. The zero-order valence-corrected chi connectivity index (χ0v) is 10.7. The van der Waals surface area contributed by atoms with Crippen molar-refractivity contribution < 1.29 is 5.11 Å². The summed E-state index contributed by atoms with van der Waals surface area (Å²) in [5, 5.41) is 11.5. The third kappa shape index (κ3) is 3.37. The molecule has 0 fully saturated rings. The Morgan fingerprint density at radius 3 is 2.47 bits per heavy atom. The standard InChI is InChI=1S/C12H16Cl2O/c1-8(2)7-12(3,15)10-6-9(13)4-5-11(10)14/h4-6,8,15H,7H2,1-3H3. The maximum absolute atomic E-state index is 10.3. The van der Waals surface area contributed by atoms with Crippen molar-refractivity contribution in [1.29, 1.82) is 0 Å². The van der Waals surface area contributed by atoms with Crippen LogP contribution in [0.4, 0.5) is 0 Å². The van der Waals surface area contributed by atoms with Gasteiger partial charge in [0.25, 0.3) is 0 Å². The van der Waals surface area contributed by atoms with E-state index in [0.717, 1.165) is 0 Å². The van der Waals surface area contributed by atoms with Gasteiger partial charge in [-0.05, 0) is 37.5 Å². The number of benzene rings is 1. The van der Waals surface area contributed by atoms with Crippen LogP contribution in [-0.2, 0) is 5.60 Å². The lowest BCUT2D eigenvalue weighted by Crippen LogP contribution is -2.23. The van der Waals surface area contributed by atoms with Gasteiger partial charge in [-0.3, -0.25) is 0 Å². The molecule has 0 radical (unpaired) electrons. The van der Waals surface area contributed by atoms with Gasteiger partial charge in [0.15, 0.2) is 0 Å². The Balaban J connectivity index is 3.08. The number of aliphatic hydroxyl groups is 1. The van der Waals surface area contributed by atoms with Crippen LogP contribution >= 0.6 is 23.2 Å². The summed E-state index contributed by atoms with van der Waals surface area (Å²) < 4.78 is 0. The molecule has 1 aromatic rings. The summed E-state index contributed by atoms with van der Waals surface area (Å²) in [5.74, 6) is 0.398. The van der Waals surface area contributed by atoms with Crippen molar-refractivity contribution in [3.8, 4) is 0 Å². The Kier molecular flexibility index (Phi) is 4.05. The van der Waals surface area contributed by atoms with Gasteiger partial charge >= 0.3 is 0 Å². The molecule has 1 unspecified atom stereocenters. The minimum Gasteiger partial charge on any atom is -0.385 e. The highest BCUT2D eigenvalue weighted by molar-refractivity contribution is 6.33. The van der Waals surface area contributed by atoms with E-state index in [1.807, 2.05) is 0 Å². The molecule has 0 aliphatic heterocycles. The summed E-state index contributed by atoms with van der Waals surface area (Å²) in [5.41, 5.74) is -0.221. The Morgan fingerprint density at radius 2 is 1.93 bits per heavy atom. The van der Waals surface area contributed by atoms with Crippen LogP contribution in [0, 0.1) is 5.92 Å². The predicted octanol–water partition coefficient (Wildman–Crippen LogP) is 4.25. The minimum absolute atomic E-state index is 0.398. The van der Waals surface area contributed by atoms with E-state index in [1.165, 1.54) is 0 Å². The molecule has 0 saturated carbocycles. The summed E-state index contributed by atoms with van der Waals surface area (Å²) in [6.07, 6.45) is 0.660. The maximum Gasteiger partial charge on any atom is 0.0885 e. The second kappa shape index (κ2) is 4.73. The molecule has 0 aliphatic rings. The van der Waals surface area contributed by atoms with E-state index in [-0.39, 0.29) is 0 Å². The summed E-state index contributed by atoms with van der Waals surface area (Å²) in [6, 6.07) is 5.17. The van der Waals surface area contributed by atoms with Gasteiger partial charge in [0.05, 0.1) is 5.60 Å². The van der Waals surface area contributed by atoms with E-state index in [2.05, 4.69) is 13.8 Å². The average molecular weight is 247 g/mol. The SMILES string of the molecule is CC(C)CC(C)(O)c1cc(Cl)ccc1Cl. The average Bonchev–Trinajstić information content (AvgIpc) is 2.06. The first-order chi connectivity index (χ1) is 6.83. The van der Waals surface area contributed by atoms with Gasteiger partial charge in [0.2, 0.25) is 0 Å². The van der Waals surface area contributed by atoms with Crippen LogP contribution in [0.2, 0.25) is 10.0 Å². The van der Waals surface area contributed by atoms with Gasteiger partial charge in [-0.25, -0.2) is 0 Å². The highest BCUT2D eigenvalue weighted by atomic mass is 35.5. The third-order valence-corrected chi connectivity index (χ3v) is 2.88. The van der Waals surface area contributed by atoms with E-state index in [4.69, 9.17) is 23.2 Å². The molecule has 0 heterocycles. The van der Waals surface area contributed by atoms with Gasteiger partial charge in [0.1, 0.15) is 0 Å². The second-order valence-electron chi connectivity index (χ2n) is 4.50. The summed E-state index contributed by atoms with van der Waals surface area (Å²) in [4.78, 5) is 0. The Bertz CT molecular complexity index is 345. The second-order valence-corrected chi connectivity index (χ2v) is 5.34. The van der Waals surface area contributed by atoms with Gasteiger partial charge in [-0.2, -0.15) is 0 Å².